The number of ether oxygens (including phenoxy) is 2. The van der Waals surface area contributed by atoms with Gasteiger partial charge in [0, 0.05) is 22.0 Å². The van der Waals surface area contributed by atoms with Crippen LogP contribution in [0.2, 0.25) is 0 Å². The molecule has 0 atom stereocenters. The molecule has 0 radical (unpaired) electrons. The van der Waals surface area contributed by atoms with Gasteiger partial charge in [0.25, 0.3) is 0 Å². The number of fused-ring (bicyclic) bond motifs is 1. The van der Waals surface area contributed by atoms with Gasteiger partial charge in [-0.2, -0.15) is 0 Å². The Balaban J connectivity index is 1.95. The van der Waals surface area contributed by atoms with Gasteiger partial charge < -0.3 is 14.8 Å². The Bertz CT molecular complexity index is 1170. The third-order valence-corrected chi connectivity index (χ3v) is 4.98. The molecule has 0 fully saturated rings. The number of benzene rings is 3. The number of hydrogen-bond acceptors (Lipinski definition) is 5. The highest BCUT2D eigenvalue weighted by molar-refractivity contribution is 6.02. The topological polar surface area (TPSA) is 56.3 Å². The molecule has 4 rings (SSSR count). The summed E-state index contributed by atoms with van der Waals surface area (Å²) >= 11 is 0. The lowest BCUT2D eigenvalue weighted by Gasteiger charge is -2.16. The molecule has 0 aliphatic heterocycles. The van der Waals surface area contributed by atoms with E-state index in [1.165, 1.54) is 5.56 Å². The van der Waals surface area contributed by atoms with Crippen molar-refractivity contribution >= 4 is 22.3 Å². The zero-order valence-electron chi connectivity index (χ0n) is 17.0. The first-order valence-corrected chi connectivity index (χ1v) is 9.43. The fraction of sp³-hybridized carbons (Fsp3) is 0.167. The maximum Gasteiger partial charge on any atom is 0.161 e. The summed E-state index contributed by atoms with van der Waals surface area (Å²) in [5, 5.41) is 14.4. The predicted octanol–water partition coefficient (Wildman–Crippen LogP) is 5.67. The van der Waals surface area contributed by atoms with Crippen molar-refractivity contribution in [1.29, 1.82) is 0 Å². The number of aromatic nitrogens is 2. The summed E-state index contributed by atoms with van der Waals surface area (Å²) in [6.07, 6.45) is 0. The van der Waals surface area contributed by atoms with Crippen LogP contribution in [0.25, 0.3) is 22.0 Å². The molecule has 3 aromatic carbocycles. The predicted molar refractivity (Wildman–Crippen MR) is 117 cm³/mol. The highest BCUT2D eigenvalue weighted by Gasteiger charge is 2.16. The number of nitrogens with zero attached hydrogens (tertiary/aromatic N) is 2. The quantitative estimate of drug-likeness (QED) is 0.479. The van der Waals surface area contributed by atoms with E-state index < -0.39 is 0 Å². The molecule has 5 heteroatoms. The van der Waals surface area contributed by atoms with Crippen molar-refractivity contribution in [3.63, 3.8) is 0 Å². The maximum absolute atomic E-state index is 5.54. The smallest absolute Gasteiger partial charge is 0.161 e. The van der Waals surface area contributed by atoms with Gasteiger partial charge in [0.15, 0.2) is 17.3 Å². The monoisotopic (exact) mass is 385 g/mol. The molecular weight excluding hydrogens is 362 g/mol. The molecule has 0 unspecified atom stereocenters. The van der Waals surface area contributed by atoms with Gasteiger partial charge in [0.2, 0.25) is 0 Å². The Morgan fingerprint density at radius 1 is 0.759 bits per heavy atom. The average molecular weight is 385 g/mol. The van der Waals surface area contributed by atoms with Crippen LogP contribution in [0, 0.1) is 13.8 Å². The van der Waals surface area contributed by atoms with Gasteiger partial charge in [-0.15, -0.1) is 10.2 Å². The lowest BCUT2D eigenvalue weighted by atomic mass is 10.0. The maximum atomic E-state index is 5.54. The van der Waals surface area contributed by atoms with Gasteiger partial charge in [-0.1, -0.05) is 42.5 Å². The first kappa shape index (κ1) is 18.7. The zero-order valence-corrected chi connectivity index (χ0v) is 17.0. The summed E-state index contributed by atoms with van der Waals surface area (Å²) in [5.41, 5.74) is 5.11. The van der Waals surface area contributed by atoms with E-state index >= 15 is 0 Å². The van der Waals surface area contributed by atoms with Gasteiger partial charge >= 0.3 is 0 Å². The Labute approximate surface area is 170 Å². The molecule has 5 nitrogen and oxygen atoms in total. The zero-order chi connectivity index (χ0) is 20.4. The van der Waals surface area contributed by atoms with Crippen LogP contribution in [0.3, 0.4) is 0 Å². The van der Waals surface area contributed by atoms with Crippen molar-refractivity contribution in [2.75, 3.05) is 19.5 Å². The van der Waals surface area contributed by atoms with E-state index in [4.69, 9.17) is 9.47 Å². The number of hydrogen-bond donors (Lipinski definition) is 1. The van der Waals surface area contributed by atoms with Crippen LogP contribution < -0.4 is 14.8 Å². The number of aryl methyl sites for hydroxylation is 2. The molecule has 0 amide bonds. The van der Waals surface area contributed by atoms with Gasteiger partial charge in [-0.3, -0.25) is 0 Å². The molecule has 1 N–H and O–H groups in total. The van der Waals surface area contributed by atoms with Gasteiger partial charge in [0.05, 0.1) is 14.2 Å². The van der Waals surface area contributed by atoms with Gasteiger partial charge in [-0.05, 0) is 43.2 Å². The Morgan fingerprint density at radius 3 is 2.14 bits per heavy atom. The van der Waals surface area contributed by atoms with Crippen LogP contribution in [0.1, 0.15) is 11.1 Å². The van der Waals surface area contributed by atoms with E-state index in [2.05, 4.69) is 47.6 Å². The lowest BCUT2D eigenvalue weighted by molar-refractivity contribution is 0.356. The minimum absolute atomic E-state index is 0.649. The number of rotatable bonds is 5. The Kier molecular flexibility index (Phi) is 5.04. The van der Waals surface area contributed by atoms with E-state index in [9.17, 15) is 0 Å². The molecule has 146 valence electrons. The number of nitrogens with one attached hydrogen (secondary N) is 1. The summed E-state index contributed by atoms with van der Waals surface area (Å²) < 4.78 is 11.1. The van der Waals surface area contributed by atoms with Crippen molar-refractivity contribution in [3.8, 4) is 22.8 Å². The molecule has 0 spiro atoms. The van der Waals surface area contributed by atoms with E-state index in [0.29, 0.717) is 17.3 Å². The van der Waals surface area contributed by atoms with Crippen LogP contribution in [-0.4, -0.2) is 24.4 Å². The van der Waals surface area contributed by atoms with Gasteiger partial charge in [0.1, 0.15) is 5.69 Å². The molecule has 0 aliphatic rings. The molecule has 4 aromatic rings. The molecule has 0 saturated carbocycles. The second-order valence-corrected chi connectivity index (χ2v) is 6.96. The second kappa shape index (κ2) is 7.80. The molecule has 0 aliphatic carbocycles. The largest absolute Gasteiger partial charge is 0.493 e. The summed E-state index contributed by atoms with van der Waals surface area (Å²) in [7, 11) is 3.27. The first-order chi connectivity index (χ1) is 14.1. The standard InChI is InChI=1S/C24H23N3O2/c1-15-10-11-16(2)20(12-15)25-24-19-14-22(29-4)21(28-3)13-18(19)23(26-27-24)17-8-6-5-7-9-17/h5-14H,1-4H3,(H,25,27). The number of methoxy groups -OCH3 is 2. The van der Waals surface area contributed by atoms with Crippen LogP contribution >= 0.6 is 0 Å². The van der Waals surface area contributed by atoms with Crippen LogP contribution in [0.5, 0.6) is 11.5 Å². The SMILES string of the molecule is COc1cc2c(Nc3cc(C)ccc3C)nnc(-c3ccccc3)c2cc1OC. The normalized spacial score (nSPS) is 10.8. The van der Waals surface area contributed by atoms with E-state index in [0.717, 1.165) is 33.3 Å². The summed E-state index contributed by atoms with van der Waals surface area (Å²) in [6, 6.07) is 20.2. The van der Waals surface area contributed by atoms with Crippen LogP contribution in [0.15, 0.2) is 60.7 Å². The molecule has 0 bridgehead atoms. The Morgan fingerprint density at radius 2 is 1.45 bits per heavy atom. The van der Waals surface area contributed by atoms with E-state index in [1.54, 1.807) is 14.2 Å². The van der Waals surface area contributed by atoms with Crippen molar-refractivity contribution < 1.29 is 9.47 Å². The first-order valence-electron chi connectivity index (χ1n) is 9.43. The van der Waals surface area contributed by atoms with Gasteiger partial charge in [-0.25, -0.2) is 0 Å². The molecule has 29 heavy (non-hydrogen) atoms. The van der Waals surface area contributed by atoms with E-state index in [-0.39, 0.29) is 0 Å². The average Bonchev–Trinajstić information content (AvgIpc) is 2.76. The second-order valence-electron chi connectivity index (χ2n) is 6.96. The number of anilines is 2. The molecule has 1 heterocycles. The highest BCUT2D eigenvalue weighted by Crippen LogP contribution is 2.39. The van der Waals surface area contributed by atoms with Crippen molar-refractivity contribution in [3.05, 3.63) is 71.8 Å². The van der Waals surface area contributed by atoms with Crippen LogP contribution in [-0.2, 0) is 0 Å². The van der Waals surface area contributed by atoms with Crippen molar-refractivity contribution in [1.82, 2.24) is 10.2 Å². The summed E-state index contributed by atoms with van der Waals surface area (Å²) in [6.45, 7) is 4.14. The highest BCUT2D eigenvalue weighted by atomic mass is 16.5. The van der Waals surface area contributed by atoms with Crippen LogP contribution in [0.4, 0.5) is 11.5 Å². The molecular formula is C24H23N3O2. The summed E-state index contributed by atoms with van der Waals surface area (Å²) in [4.78, 5) is 0. The fourth-order valence-corrected chi connectivity index (χ4v) is 3.38. The van der Waals surface area contributed by atoms with Crippen molar-refractivity contribution in [2.45, 2.75) is 13.8 Å². The Hall–Kier alpha value is -3.60. The minimum atomic E-state index is 0.649. The fourth-order valence-electron chi connectivity index (χ4n) is 3.38. The molecule has 1 aromatic heterocycles. The lowest BCUT2D eigenvalue weighted by Crippen LogP contribution is -2.02. The minimum Gasteiger partial charge on any atom is -0.493 e. The van der Waals surface area contributed by atoms with E-state index in [1.807, 2.05) is 42.5 Å². The third-order valence-electron chi connectivity index (χ3n) is 4.98. The van der Waals surface area contributed by atoms with Crippen molar-refractivity contribution in [2.24, 2.45) is 0 Å². The summed E-state index contributed by atoms with van der Waals surface area (Å²) in [5.74, 6) is 1.98. The molecule has 0 saturated heterocycles. The third kappa shape index (κ3) is 3.59.